The van der Waals surface area contributed by atoms with Crippen molar-refractivity contribution in [1.29, 1.82) is 0 Å². The van der Waals surface area contributed by atoms with Gasteiger partial charge < -0.3 is 0 Å². The summed E-state index contributed by atoms with van der Waals surface area (Å²) in [4.78, 5) is 4.17. The number of benzene rings is 1. The van der Waals surface area contributed by atoms with Gasteiger partial charge in [0.15, 0.2) is 5.82 Å². The van der Waals surface area contributed by atoms with E-state index in [4.69, 9.17) is 0 Å². The van der Waals surface area contributed by atoms with Crippen LogP contribution in [0.25, 0.3) is 11.4 Å². The first-order chi connectivity index (χ1) is 7.43. The number of aromatic amines is 1. The van der Waals surface area contributed by atoms with Gasteiger partial charge >= 0.3 is 0 Å². The van der Waals surface area contributed by atoms with Crippen LogP contribution in [0.4, 0.5) is 0 Å². The minimum absolute atomic E-state index is 0.795. The fourth-order valence-corrected chi connectivity index (χ4v) is 2.22. The molecule has 0 fully saturated rings. The van der Waals surface area contributed by atoms with E-state index in [1.807, 2.05) is 0 Å². The number of nitrogens with one attached hydrogen (secondary N) is 1. The van der Waals surface area contributed by atoms with E-state index >= 15 is 0 Å². The molecule has 1 heterocycles. The maximum Gasteiger partial charge on any atom is 0.180 e. The number of nitrogens with zero attached hydrogens (tertiary/aromatic N) is 2. The highest BCUT2D eigenvalue weighted by atomic mass is 15.2. The van der Waals surface area contributed by atoms with E-state index in [2.05, 4.69) is 33.4 Å². The minimum atomic E-state index is 0.795. The van der Waals surface area contributed by atoms with Crippen LogP contribution in [0.3, 0.4) is 0 Å². The average molecular weight is 199 g/mol. The molecule has 3 nitrogen and oxygen atoms in total. The molecule has 3 rings (SSSR count). The number of H-pyrrole nitrogens is 1. The summed E-state index contributed by atoms with van der Waals surface area (Å²) in [5.74, 6) is 0.795. The van der Waals surface area contributed by atoms with Crippen molar-refractivity contribution in [3.8, 4) is 11.4 Å². The quantitative estimate of drug-likeness (QED) is 0.766. The van der Waals surface area contributed by atoms with Crippen LogP contribution >= 0.6 is 0 Å². The summed E-state index contributed by atoms with van der Waals surface area (Å²) in [6, 6.07) is 6.57. The molecule has 0 spiro atoms. The van der Waals surface area contributed by atoms with Gasteiger partial charge in [0.2, 0.25) is 0 Å². The number of hydrogen-bond acceptors (Lipinski definition) is 2. The van der Waals surface area contributed by atoms with Gasteiger partial charge in [-0.15, -0.1) is 0 Å². The van der Waals surface area contributed by atoms with Gasteiger partial charge in [-0.25, -0.2) is 4.98 Å². The molecule has 0 amide bonds. The topological polar surface area (TPSA) is 41.6 Å². The molecule has 0 aliphatic heterocycles. The van der Waals surface area contributed by atoms with Crippen LogP contribution in [-0.4, -0.2) is 15.2 Å². The summed E-state index contributed by atoms with van der Waals surface area (Å²) >= 11 is 0. The third kappa shape index (κ3) is 1.54. The molecule has 15 heavy (non-hydrogen) atoms. The molecule has 2 aromatic rings. The highest BCUT2D eigenvalue weighted by Crippen LogP contribution is 2.25. The van der Waals surface area contributed by atoms with Crippen molar-refractivity contribution in [1.82, 2.24) is 15.2 Å². The van der Waals surface area contributed by atoms with Crippen LogP contribution in [0.1, 0.15) is 24.0 Å². The van der Waals surface area contributed by atoms with Crippen molar-refractivity contribution in [3.63, 3.8) is 0 Å². The van der Waals surface area contributed by atoms with Crippen molar-refractivity contribution < 1.29 is 0 Å². The second kappa shape index (κ2) is 3.50. The second-order valence-electron chi connectivity index (χ2n) is 4.01. The summed E-state index contributed by atoms with van der Waals surface area (Å²) in [5, 5.41) is 6.85. The van der Waals surface area contributed by atoms with E-state index in [9.17, 15) is 0 Å². The molecule has 1 N–H and O–H groups in total. The summed E-state index contributed by atoms with van der Waals surface area (Å²) in [6.07, 6.45) is 6.68. The lowest BCUT2D eigenvalue weighted by molar-refractivity contribution is 0.686. The molecule has 1 aliphatic carbocycles. The van der Waals surface area contributed by atoms with Crippen LogP contribution < -0.4 is 0 Å². The molecule has 0 bridgehead atoms. The van der Waals surface area contributed by atoms with Gasteiger partial charge in [0, 0.05) is 5.56 Å². The van der Waals surface area contributed by atoms with Crippen molar-refractivity contribution in [2.75, 3.05) is 0 Å². The van der Waals surface area contributed by atoms with Crippen molar-refractivity contribution in [2.24, 2.45) is 0 Å². The third-order valence-electron chi connectivity index (χ3n) is 3.02. The molecule has 0 saturated carbocycles. The Balaban J connectivity index is 2.04. The van der Waals surface area contributed by atoms with Gasteiger partial charge in [0.05, 0.1) is 0 Å². The normalized spacial score (nSPS) is 14.9. The molecule has 0 radical (unpaired) electrons. The van der Waals surface area contributed by atoms with Gasteiger partial charge in [-0.05, 0) is 42.9 Å². The van der Waals surface area contributed by atoms with Gasteiger partial charge in [0.1, 0.15) is 6.33 Å². The van der Waals surface area contributed by atoms with Crippen LogP contribution in [-0.2, 0) is 12.8 Å². The van der Waals surface area contributed by atoms with Crippen molar-refractivity contribution in [2.45, 2.75) is 25.7 Å². The van der Waals surface area contributed by atoms with Gasteiger partial charge in [-0.2, -0.15) is 5.10 Å². The monoisotopic (exact) mass is 199 g/mol. The van der Waals surface area contributed by atoms with Crippen molar-refractivity contribution in [3.05, 3.63) is 35.7 Å². The number of aryl methyl sites for hydroxylation is 2. The zero-order chi connectivity index (χ0) is 10.1. The predicted octanol–water partition coefficient (Wildman–Crippen LogP) is 2.35. The second-order valence-corrected chi connectivity index (χ2v) is 4.01. The molecular formula is C12H13N3. The lowest BCUT2D eigenvalue weighted by atomic mass is 9.90. The zero-order valence-electron chi connectivity index (χ0n) is 8.53. The Hall–Kier alpha value is -1.64. The molecule has 76 valence electrons. The SMILES string of the molecule is c1nc(-c2ccc3c(c2)CCCC3)n[nH]1. The minimum Gasteiger partial charge on any atom is -0.265 e. The maximum atomic E-state index is 4.17. The summed E-state index contributed by atoms with van der Waals surface area (Å²) < 4.78 is 0. The molecule has 1 aromatic heterocycles. The summed E-state index contributed by atoms with van der Waals surface area (Å²) in [6.45, 7) is 0. The van der Waals surface area contributed by atoms with Crippen molar-refractivity contribution >= 4 is 0 Å². The average Bonchev–Trinajstić information content (AvgIpc) is 2.82. The molecule has 0 unspecified atom stereocenters. The van der Waals surface area contributed by atoms with Gasteiger partial charge in [-0.1, -0.05) is 12.1 Å². The largest absolute Gasteiger partial charge is 0.265 e. The lowest BCUT2D eigenvalue weighted by Crippen LogP contribution is -2.02. The highest BCUT2D eigenvalue weighted by molar-refractivity contribution is 5.57. The Morgan fingerprint density at radius 2 is 1.93 bits per heavy atom. The van der Waals surface area contributed by atoms with Crippen LogP contribution in [0.5, 0.6) is 0 Å². The number of rotatable bonds is 1. The standard InChI is InChI=1S/C12H13N3/c1-2-4-10-7-11(6-5-9(10)3-1)12-13-8-14-15-12/h5-8H,1-4H2,(H,13,14,15). The lowest BCUT2D eigenvalue weighted by Gasteiger charge is -2.15. The smallest absolute Gasteiger partial charge is 0.180 e. The first-order valence-electron chi connectivity index (χ1n) is 5.41. The summed E-state index contributed by atoms with van der Waals surface area (Å²) in [5.41, 5.74) is 4.10. The fraction of sp³-hybridized carbons (Fsp3) is 0.333. The van der Waals surface area contributed by atoms with E-state index in [-0.39, 0.29) is 0 Å². The molecule has 0 saturated heterocycles. The fourth-order valence-electron chi connectivity index (χ4n) is 2.22. The van der Waals surface area contributed by atoms with E-state index in [1.165, 1.54) is 36.8 Å². The zero-order valence-corrected chi connectivity index (χ0v) is 8.53. The number of hydrogen-bond donors (Lipinski definition) is 1. The Bertz CT molecular complexity index is 460. The number of fused-ring (bicyclic) bond motifs is 1. The van der Waals surface area contributed by atoms with E-state index in [0.29, 0.717) is 0 Å². The maximum absolute atomic E-state index is 4.17. The van der Waals surface area contributed by atoms with Crippen LogP contribution in [0.15, 0.2) is 24.5 Å². The first kappa shape index (κ1) is 8.65. The van der Waals surface area contributed by atoms with E-state index in [0.717, 1.165) is 11.4 Å². The molecular weight excluding hydrogens is 186 g/mol. The molecule has 1 aromatic carbocycles. The Morgan fingerprint density at radius 3 is 2.73 bits per heavy atom. The Kier molecular flexibility index (Phi) is 2.02. The molecule has 3 heteroatoms. The van der Waals surface area contributed by atoms with E-state index in [1.54, 1.807) is 6.33 Å². The summed E-state index contributed by atoms with van der Waals surface area (Å²) in [7, 11) is 0. The van der Waals surface area contributed by atoms with Gasteiger partial charge in [-0.3, -0.25) is 5.10 Å². The Morgan fingerprint density at radius 1 is 1.07 bits per heavy atom. The highest BCUT2D eigenvalue weighted by Gasteiger charge is 2.10. The third-order valence-corrected chi connectivity index (χ3v) is 3.02. The molecule has 0 atom stereocenters. The molecule has 1 aliphatic rings. The van der Waals surface area contributed by atoms with Crippen LogP contribution in [0.2, 0.25) is 0 Å². The van der Waals surface area contributed by atoms with Crippen LogP contribution in [0, 0.1) is 0 Å². The first-order valence-corrected chi connectivity index (χ1v) is 5.41. The van der Waals surface area contributed by atoms with Gasteiger partial charge in [0.25, 0.3) is 0 Å². The number of aromatic nitrogens is 3. The predicted molar refractivity (Wildman–Crippen MR) is 58.5 cm³/mol. The van der Waals surface area contributed by atoms with E-state index < -0.39 is 0 Å². The Labute approximate surface area is 88.6 Å².